The molecule has 38 heavy (non-hydrogen) atoms. The maximum absolute atomic E-state index is 13.7. The predicted octanol–water partition coefficient (Wildman–Crippen LogP) is 6.23. The van der Waals surface area contributed by atoms with E-state index in [4.69, 9.17) is 14.4 Å². The van der Waals surface area contributed by atoms with Crippen LogP contribution in [0.4, 0.5) is 0 Å². The highest BCUT2D eigenvalue weighted by Crippen LogP contribution is 2.24. The van der Waals surface area contributed by atoms with Gasteiger partial charge < -0.3 is 14.1 Å². The molecule has 7 nitrogen and oxygen atoms in total. The van der Waals surface area contributed by atoms with Gasteiger partial charge in [-0.1, -0.05) is 60.7 Å². The van der Waals surface area contributed by atoms with Gasteiger partial charge in [-0.2, -0.15) is 0 Å². The number of amides is 2. The summed E-state index contributed by atoms with van der Waals surface area (Å²) in [4.78, 5) is 26.7. The van der Waals surface area contributed by atoms with Gasteiger partial charge in [-0.25, -0.2) is 5.48 Å². The summed E-state index contributed by atoms with van der Waals surface area (Å²) in [6.45, 7) is 1.35. The zero-order valence-electron chi connectivity index (χ0n) is 21.2. The second-order valence-electron chi connectivity index (χ2n) is 9.00. The quantitative estimate of drug-likeness (QED) is 0.126. The highest BCUT2D eigenvalue weighted by Gasteiger charge is 2.19. The van der Waals surface area contributed by atoms with Gasteiger partial charge in [0.15, 0.2) is 0 Å². The lowest BCUT2D eigenvalue weighted by Crippen LogP contribution is -2.30. The monoisotopic (exact) mass is 512 g/mol. The van der Waals surface area contributed by atoms with E-state index in [-0.39, 0.29) is 18.2 Å². The molecule has 1 aromatic heterocycles. The molecule has 2 amide bonds. The van der Waals surface area contributed by atoms with Crippen molar-refractivity contribution >= 4 is 11.8 Å². The van der Waals surface area contributed by atoms with E-state index in [0.29, 0.717) is 31.7 Å². The molecule has 0 aliphatic carbocycles. The Labute approximate surface area is 222 Å². The lowest BCUT2D eigenvalue weighted by Gasteiger charge is -2.24. The molecule has 0 unspecified atom stereocenters. The summed E-state index contributed by atoms with van der Waals surface area (Å²) < 4.78 is 11.5. The number of carbonyl (C=O) groups excluding carboxylic acids is 2. The summed E-state index contributed by atoms with van der Waals surface area (Å²) in [5, 5.41) is 8.59. The van der Waals surface area contributed by atoms with Crippen LogP contribution in [0.25, 0.3) is 11.3 Å². The lowest BCUT2D eigenvalue weighted by molar-refractivity contribution is -0.129. The molecule has 0 aliphatic rings. The molecule has 0 spiro atoms. The summed E-state index contributed by atoms with van der Waals surface area (Å²) in [5.41, 5.74) is 5.12. The third-order valence-corrected chi connectivity index (χ3v) is 6.21. The van der Waals surface area contributed by atoms with Crippen LogP contribution in [-0.4, -0.2) is 28.5 Å². The van der Waals surface area contributed by atoms with Crippen molar-refractivity contribution in [2.24, 2.45) is 0 Å². The van der Waals surface area contributed by atoms with E-state index in [9.17, 15) is 9.59 Å². The van der Waals surface area contributed by atoms with Gasteiger partial charge in [-0.15, -0.1) is 0 Å². The number of para-hydroxylation sites is 1. The number of hydrogen-bond donors (Lipinski definition) is 2. The molecule has 0 radical (unpaired) electrons. The number of carbonyl (C=O) groups is 2. The summed E-state index contributed by atoms with van der Waals surface area (Å²) in [7, 11) is 0. The first-order chi connectivity index (χ1) is 18.6. The number of nitrogens with zero attached hydrogens (tertiary/aromatic N) is 1. The fraction of sp³-hybridized carbons (Fsp3) is 0.226. The Hall–Kier alpha value is -4.36. The second kappa shape index (κ2) is 13.8. The molecule has 0 aliphatic heterocycles. The first-order valence-corrected chi connectivity index (χ1v) is 12.7. The highest BCUT2D eigenvalue weighted by atomic mass is 16.5. The smallest absolute Gasteiger partial charge is 0.254 e. The van der Waals surface area contributed by atoms with Gasteiger partial charge >= 0.3 is 0 Å². The van der Waals surface area contributed by atoms with Crippen molar-refractivity contribution in [3.63, 3.8) is 0 Å². The number of ether oxygens (including phenoxy) is 1. The van der Waals surface area contributed by atoms with Crippen molar-refractivity contribution in [3.8, 4) is 17.1 Å². The summed E-state index contributed by atoms with van der Waals surface area (Å²) in [6, 6.07) is 28.9. The van der Waals surface area contributed by atoms with E-state index in [1.54, 1.807) is 11.7 Å². The Morgan fingerprint density at radius 1 is 0.816 bits per heavy atom. The summed E-state index contributed by atoms with van der Waals surface area (Å²) in [6.07, 6.45) is 4.18. The molecule has 3 aromatic carbocycles. The topological polar surface area (TPSA) is 92.0 Å². The van der Waals surface area contributed by atoms with E-state index in [1.165, 1.54) is 0 Å². The van der Waals surface area contributed by atoms with E-state index in [0.717, 1.165) is 41.0 Å². The summed E-state index contributed by atoms with van der Waals surface area (Å²) in [5.74, 6) is 1.04. The molecular weight excluding hydrogens is 480 g/mol. The van der Waals surface area contributed by atoms with E-state index in [1.807, 2.05) is 95.9 Å². The second-order valence-corrected chi connectivity index (χ2v) is 9.00. The van der Waals surface area contributed by atoms with Crippen LogP contribution < -0.4 is 10.2 Å². The number of furan rings is 1. The van der Waals surface area contributed by atoms with Crippen molar-refractivity contribution in [3.05, 3.63) is 114 Å². The number of hydroxylamine groups is 1. The van der Waals surface area contributed by atoms with E-state index < -0.39 is 0 Å². The Balaban J connectivity index is 1.46. The largest absolute Gasteiger partial charge is 0.493 e. The molecule has 196 valence electrons. The Morgan fingerprint density at radius 2 is 1.58 bits per heavy atom. The van der Waals surface area contributed by atoms with Crippen molar-refractivity contribution in [1.82, 2.24) is 10.4 Å². The first kappa shape index (κ1) is 26.7. The van der Waals surface area contributed by atoms with Crippen LogP contribution in [0.1, 0.15) is 47.2 Å². The predicted molar refractivity (Wildman–Crippen MR) is 144 cm³/mol. The van der Waals surface area contributed by atoms with Crippen LogP contribution in [0, 0.1) is 0 Å². The molecule has 4 aromatic rings. The molecule has 0 fully saturated rings. The Bertz CT molecular complexity index is 1290. The van der Waals surface area contributed by atoms with Crippen molar-refractivity contribution in [1.29, 1.82) is 0 Å². The third-order valence-electron chi connectivity index (χ3n) is 6.21. The molecule has 0 bridgehead atoms. The van der Waals surface area contributed by atoms with Crippen LogP contribution in [0.5, 0.6) is 5.75 Å². The standard InChI is InChI=1S/C31H32N2O5/c34-30(32-36)15-5-2-8-20-37-29-13-7-6-12-27(29)23-33(22-24-10-3-1-4-11-24)31(35)26-18-16-25(17-19-26)28-14-9-21-38-28/h1,3-4,6-7,9-14,16-19,21,36H,2,5,8,15,20,22-23H2,(H,32,34). The van der Waals surface area contributed by atoms with E-state index >= 15 is 0 Å². The molecule has 2 N–H and O–H groups in total. The maximum Gasteiger partial charge on any atom is 0.254 e. The van der Waals surface area contributed by atoms with Crippen molar-refractivity contribution < 1.29 is 24.0 Å². The minimum absolute atomic E-state index is 0.0724. The Morgan fingerprint density at radius 3 is 2.32 bits per heavy atom. The SMILES string of the molecule is O=C(CCCCCOc1ccccc1CN(Cc1ccccc1)C(=O)c1ccc(-c2ccco2)cc1)NO. The average Bonchev–Trinajstić information content (AvgIpc) is 3.50. The molecule has 0 saturated heterocycles. The van der Waals surface area contributed by atoms with Gasteiger partial charge in [0, 0.05) is 36.2 Å². The number of nitrogens with one attached hydrogen (secondary N) is 1. The maximum atomic E-state index is 13.7. The fourth-order valence-electron chi connectivity index (χ4n) is 4.19. The Kier molecular flexibility index (Phi) is 9.70. The molecular formula is C31H32N2O5. The van der Waals surface area contributed by atoms with Gasteiger partial charge in [0.2, 0.25) is 5.91 Å². The number of rotatable bonds is 13. The van der Waals surface area contributed by atoms with Crippen LogP contribution in [0.15, 0.2) is 102 Å². The minimum atomic E-state index is -0.380. The highest BCUT2D eigenvalue weighted by molar-refractivity contribution is 5.94. The first-order valence-electron chi connectivity index (χ1n) is 12.7. The molecule has 7 heteroatoms. The molecule has 0 atom stereocenters. The van der Waals surface area contributed by atoms with Gasteiger partial charge in [-0.05, 0) is 55.2 Å². The van der Waals surface area contributed by atoms with Crippen LogP contribution >= 0.6 is 0 Å². The van der Waals surface area contributed by atoms with Gasteiger partial charge in [0.05, 0.1) is 12.9 Å². The zero-order chi connectivity index (χ0) is 26.6. The third kappa shape index (κ3) is 7.57. The van der Waals surface area contributed by atoms with Crippen molar-refractivity contribution in [2.75, 3.05) is 6.61 Å². The number of benzene rings is 3. The minimum Gasteiger partial charge on any atom is -0.493 e. The normalized spacial score (nSPS) is 10.7. The zero-order valence-corrected chi connectivity index (χ0v) is 21.2. The van der Waals surface area contributed by atoms with Crippen LogP contribution in [0.3, 0.4) is 0 Å². The number of hydrogen-bond acceptors (Lipinski definition) is 5. The summed E-state index contributed by atoms with van der Waals surface area (Å²) >= 11 is 0. The van der Waals surface area contributed by atoms with Crippen LogP contribution in [-0.2, 0) is 17.9 Å². The van der Waals surface area contributed by atoms with Crippen LogP contribution in [0.2, 0.25) is 0 Å². The molecule has 4 rings (SSSR count). The van der Waals surface area contributed by atoms with Crippen molar-refractivity contribution in [2.45, 2.75) is 38.8 Å². The van der Waals surface area contributed by atoms with E-state index in [2.05, 4.69) is 0 Å². The average molecular weight is 513 g/mol. The lowest BCUT2D eigenvalue weighted by atomic mass is 10.1. The molecule has 1 heterocycles. The van der Waals surface area contributed by atoms with Gasteiger partial charge in [0.1, 0.15) is 11.5 Å². The molecule has 0 saturated carbocycles. The fourth-order valence-corrected chi connectivity index (χ4v) is 4.19. The number of unbranched alkanes of at least 4 members (excludes halogenated alkanes) is 2. The van der Waals surface area contributed by atoms with Gasteiger partial charge in [0.25, 0.3) is 5.91 Å². The van der Waals surface area contributed by atoms with Gasteiger partial charge in [-0.3, -0.25) is 14.8 Å².